The maximum atomic E-state index is 12.7. The van der Waals surface area contributed by atoms with Crippen LogP contribution in [0.1, 0.15) is 43.0 Å². The van der Waals surface area contributed by atoms with Gasteiger partial charge in [0, 0.05) is 24.0 Å². The summed E-state index contributed by atoms with van der Waals surface area (Å²) in [6, 6.07) is 29.6. The lowest BCUT2D eigenvalue weighted by Gasteiger charge is -2.15. The molecule has 4 N–H and O–H groups in total. The number of hydrogen-bond acceptors (Lipinski definition) is 4. The molecule has 0 saturated heterocycles. The highest BCUT2D eigenvalue weighted by atomic mass is 16.4. The van der Waals surface area contributed by atoms with Gasteiger partial charge in [0.2, 0.25) is 0 Å². The molecule has 0 bridgehead atoms. The number of rotatable bonds is 12. The fraction of sp³-hybridized carbons (Fsp3) is 0.118. The molecule has 0 saturated carbocycles. The second kappa shape index (κ2) is 14.2. The van der Waals surface area contributed by atoms with Gasteiger partial charge in [0.05, 0.1) is 0 Å². The van der Waals surface area contributed by atoms with E-state index in [4.69, 9.17) is 0 Å². The topological polar surface area (TPSA) is 133 Å². The third-order valence-electron chi connectivity index (χ3n) is 6.59. The van der Waals surface area contributed by atoms with Crippen LogP contribution in [0.4, 0.5) is 0 Å². The smallest absolute Gasteiger partial charge is 0.326 e. The normalized spacial score (nSPS) is 12.3. The Morgan fingerprint density at radius 1 is 0.524 bits per heavy atom. The summed E-state index contributed by atoms with van der Waals surface area (Å²) in [5, 5.41) is 24.3. The average Bonchev–Trinajstić information content (AvgIpc) is 3.00. The number of carbonyl (C=O) groups excluding carboxylic acids is 2. The molecule has 4 rings (SSSR count). The predicted molar refractivity (Wildman–Crippen MR) is 160 cm³/mol. The van der Waals surface area contributed by atoms with Gasteiger partial charge in [-0.2, -0.15) is 0 Å². The van der Waals surface area contributed by atoms with Gasteiger partial charge in [-0.3, -0.25) is 9.59 Å². The summed E-state index contributed by atoms with van der Waals surface area (Å²) in [5.74, 6) is -3.17. The van der Waals surface area contributed by atoms with Crippen LogP contribution in [0, 0.1) is 0 Å². The van der Waals surface area contributed by atoms with Gasteiger partial charge in [0.15, 0.2) is 0 Å². The lowest BCUT2D eigenvalue weighted by molar-refractivity contribution is -0.140. The van der Waals surface area contributed by atoms with Crippen LogP contribution in [0.15, 0.2) is 109 Å². The molecular formula is C34H30N2O6. The Bertz CT molecular complexity index is 1430. The summed E-state index contributed by atoms with van der Waals surface area (Å²) in [5.41, 5.74) is 3.94. The molecule has 0 aliphatic rings. The standard InChI is InChI=1S/C34H30N2O6/c37-31(35-29(33(39)40)21-25-7-3-1-4-8-25)27-17-13-23(14-18-27)11-12-24-15-19-28(20-16-24)32(38)36-30(34(41)42)22-26-9-5-2-6-10-26/h1-20,29-30H,21-22H2,(H,35,37)(H,36,38)(H,39,40)(H,41,42)/b12-11+/t29-,30-/m0/s1. The Labute approximate surface area is 243 Å². The van der Waals surface area contributed by atoms with E-state index in [-0.39, 0.29) is 12.8 Å². The SMILES string of the molecule is O=C(N[C@@H](Cc1ccccc1)C(=O)O)c1ccc(/C=C/c2ccc(C(=O)N[C@@H](Cc3ccccc3)C(=O)O)cc2)cc1. The van der Waals surface area contributed by atoms with Crippen LogP contribution < -0.4 is 10.6 Å². The minimum Gasteiger partial charge on any atom is -0.480 e. The van der Waals surface area contributed by atoms with Crippen molar-refractivity contribution in [3.8, 4) is 0 Å². The molecule has 0 spiro atoms. The Balaban J connectivity index is 1.33. The fourth-order valence-electron chi connectivity index (χ4n) is 4.27. The van der Waals surface area contributed by atoms with Crippen molar-refractivity contribution in [3.63, 3.8) is 0 Å². The molecule has 8 heteroatoms. The molecule has 8 nitrogen and oxygen atoms in total. The van der Waals surface area contributed by atoms with Crippen LogP contribution in [0.3, 0.4) is 0 Å². The molecule has 0 heterocycles. The van der Waals surface area contributed by atoms with Crippen LogP contribution in [0.2, 0.25) is 0 Å². The minimum atomic E-state index is -1.11. The van der Waals surface area contributed by atoms with Gasteiger partial charge in [0.25, 0.3) is 11.8 Å². The first-order chi connectivity index (χ1) is 20.3. The van der Waals surface area contributed by atoms with Gasteiger partial charge in [0.1, 0.15) is 12.1 Å². The Morgan fingerprint density at radius 3 is 1.17 bits per heavy atom. The second-order valence-electron chi connectivity index (χ2n) is 9.69. The predicted octanol–water partition coefficient (Wildman–Crippen LogP) is 4.71. The number of carboxylic acid groups (broad SMARTS) is 2. The summed E-state index contributed by atoms with van der Waals surface area (Å²) in [6.07, 6.45) is 4.03. The molecule has 0 fully saturated rings. The van der Waals surface area contributed by atoms with Crippen molar-refractivity contribution in [3.05, 3.63) is 143 Å². The van der Waals surface area contributed by atoms with Gasteiger partial charge >= 0.3 is 11.9 Å². The molecule has 0 aliphatic carbocycles. The zero-order chi connectivity index (χ0) is 29.9. The molecular weight excluding hydrogens is 532 g/mol. The average molecular weight is 563 g/mol. The highest BCUT2D eigenvalue weighted by Gasteiger charge is 2.22. The van der Waals surface area contributed by atoms with E-state index in [0.29, 0.717) is 11.1 Å². The van der Waals surface area contributed by atoms with E-state index in [1.807, 2.05) is 72.8 Å². The van der Waals surface area contributed by atoms with E-state index >= 15 is 0 Å². The maximum Gasteiger partial charge on any atom is 0.326 e. The Morgan fingerprint density at radius 2 is 0.857 bits per heavy atom. The summed E-state index contributed by atoms with van der Waals surface area (Å²) in [6.45, 7) is 0. The van der Waals surface area contributed by atoms with E-state index in [2.05, 4.69) is 10.6 Å². The van der Waals surface area contributed by atoms with E-state index in [9.17, 15) is 29.4 Å². The number of hydrogen-bond donors (Lipinski definition) is 4. The molecule has 212 valence electrons. The van der Waals surface area contributed by atoms with Crippen LogP contribution in [-0.2, 0) is 22.4 Å². The first kappa shape index (κ1) is 29.5. The van der Waals surface area contributed by atoms with Crippen LogP contribution in [-0.4, -0.2) is 46.0 Å². The molecule has 0 aliphatic heterocycles. The van der Waals surface area contributed by atoms with Crippen molar-refractivity contribution < 1.29 is 29.4 Å². The van der Waals surface area contributed by atoms with Gasteiger partial charge in [-0.1, -0.05) is 97.1 Å². The quantitative estimate of drug-likeness (QED) is 0.185. The second-order valence-corrected chi connectivity index (χ2v) is 9.69. The molecule has 42 heavy (non-hydrogen) atoms. The highest BCUT2D eigenvalue weighted by molar-refractivity contribution is 5.97. The van der Waals surface area contributed by atoms with Crippen molar-refractivity contribution in [1.82, 2.24) is 10.6 Å². The first-order valence-electron chi connectivity index (χ1n) is 13.3. The van der Waals surface area contributed by atoms with Crippen molar-refractivity contribution in [2.45, 2.75) is 24.9 Å². The summed E-state index contributed by atoms with van der Waals surface area (Å²) < 4.78 is 0. The van der Waals surface area contributed by atoms with Crippen molar-refractivity contribution in [2.75, 3.05) is 0 Å². The summed E-state index contributed by atoms with van der Waals surface area (Å²) >= 11 is 0. The number of nitrogens with one attached hydrogen (secondary N) is 2. The monoisotopic (exact) mass is 562 g/mol. The number of aliphatic carboxylic acids is 2. The van der Waals surface area contributed by atoms with Crippen molar-refractivity contribution in [1.29, 1.82) is 0 Å². The minimum absolute atomic E-state index is 0.178. The van der Waals surface area contributed by atoms with Gasteiger partial charge < -0.3 is 20.8 Å². The van der Waals surface area contributed by atoms with E-state index < -0.39 is 35.8 Å². The third-order valence-corrected chi connectivity index (χ3v) is 6.59. The zero-order valence-corrected chi connectivity index (χ0v) is 22.6. The molecule has 0 radical (unpaired) electrons. The van der Waals surface area contributed by atoms with Crippen LogP contribution >= 0.6 is 0 Å². The number of benzene rings is 4. The Hall–Kier alpha value is -5.50. The van der Waals surface area contributed by atoms with Gasteiger partial charge in [-0.25, -0.2) is 9.59 Å². The van der Waals surface area contributed by atoms with Crippen LogP contribution in [0.5, 0.6) is 0 Å². The summed E-state index contributed by atoms with van der Waals surface area (Å²) in [7, 11) is 0. The molecule has 0 unspecified atom stereocenters. The van der Waals surface area contributed by atoms with Crippen molar-refractivity contribution in [2.24, 2.45) is 0 Å². The van der Waals surface area contributed by atoms with E-state index in [1.165, 1.54) is 0 Å². The highest BCUT2D eigenvalue weighted by Crippen LogP contribution is 2.13. The number of amides is 2. The largest absolute Gasteiger partial charge is 0.480 e. The molecule has 4 aromatic carbocycles. The Kier molecular flexibility index (Phi) is 9.99. The summed E-state index contributed by atoms with van der Waals surface area (Å²) in [4.78, 5) is 48.7. The molecule has 0 aromatic heterocycles. The van der Waals surface area contributed by atoms with E-state index in [0.717, 1.165) is 22.3 Å². The maximum absolute atomic E-state index is 12.7. The lowest BCUT2D eigenvalue weighted by atomic mass is 10.0. The van der Waals surface area contributed by atoms with Crippen molar-refractivity contribution >= 4 is 35.9 Å². The number of carboxylic acids is 2. The third kappa shape index (κ3) is 8.50. The fourth-order valence-corrected chi connectivity index (χ4v) is 4.27. The van der Waals surface area contributed by atoms with Gasteiger partial charge in [-0.15, -0.1) is 0 Å². The van der Waals surface area contributed by atoms with Gasteiger partial charge in [-0.05, 0) is 46.5 Å². The lowest BCUT2D eigenvalue weighted by Crippen LogP contribution is -2.42. The zero-order valence-electron chi connectivity index (χ0n) is 22.6. The van der Waals surface area contributed by atoms with Crippen LogP contribution in [0.25, 0.3) is 12.2 Å². The molecule has 4 aromatic rings. The van der Waals surface area contributed by atoms with E-state index in [1.54, 1.807) is 48.5 Å². The first-order valence-corrected chi connectivity index (χ1v) is 13.3. The molecule has 2 amide bonds. The number of carbonyl (C=O) groups is 4. The molecule has 2 atom stereocenters.